The van der Waals surface area contributed by atoms with Crippen LogP contribution in [0.4, 0.5) is 0 Å². The summed E-state index contributed by atoms with van der Waals surface area (Å²) in [7, 11) is 6.33. The van der Waals surface area contributed by atoms with E-state index in [0.717, 1.165) is 65.1 Å². The number of pyridine rings is 1. The molecule has 1 atom stereocenters. The summed E-state index contributed by atoms with van der Waals surface area (Å²) in [5.74, 6) is 0.838. The molecule has 0 unspecified atom stereocenters. The third kappa shape index (κ3) is 4.56. The first-order chi connectivity index (χ1) is 19.5. The number of carbonyl (C=O) groups excluding carboxylic acids is 1. The van der Waals surface area contributed by atoms with Crippen LogP contribution < -0.4 is 15.0 Å². The highest BCUT2D eigenvalue weighted by molar-refractivity contribution is 6.02. The fraction of sp³-hybridized carbons (Fsp3) is 0.515. The average molecular weight is 559 g/mol. The number of aromatic amines is 1. The van der Waals surface area contributed by atoms with E-state index in [4.69, 9.17) is 9.47 Å². The molecule has 6 rings (SSSR count). The van der Waals surface area contributed by atoms with Gasteiger partial charge in [-0.2, -0.15) is 0 Å². The van der Waals surface area contributed by atoms with Gasteiger partial charge in [0.2, 0.25) is 0 Å². The number of ether oxygens (including phenoxy) is 2. The van der Waals surface area contributed by atoms with Crippen molar-refractivity contribution in [2.45, 2.75) is 78.2 Å². The van der Waals surface area contributed by atoms with Crippen LogP contribution in [0.2, 0.25) is 0 Å². The Morgan fingerprint density at radius 3 is 2.39 bits per heavy atom. The number of carbonyl (C=O) groups is 1. The first-order valence-electron chi connectivity index (χ1n) is 14.8. The summed E-state index contributed by atoms with van der Waals surface area (Å²) in [6.45, 7) is 8.67. The second-order valence-corrected chi connectivity index (χ2v) is 12.6. The lowest BCUT2D eigenvalue weighted by Gasteiger charge is -2.39. The monoisotopic (exact) mass is 558 g/mol. The van der Waals surface area contributed by atoms with Crippen LogP contribution in [0.25, 0.3) is 11.3 Å². The predicted octanol–water partition coefficient (Wildman–Crippen LogP) is 5.11. The molecular formula is C33H42N4O4. The van der Waals surface area contributed by atoms with Gasteiger partial charge in [-0.1, -0.05) is 0 Å². The first-order valence-corrected chi connectivity index (χ1v) is 14.8. The lowest BCUT2D eigenvalue weighted by atomic mass is 9.81. The van der Waals surface area contributed by atoms with Crippen molar-refractivity contribution in [3.63, 3.8) is 0 Å². The van der Waals surface area contributed by atoms with Crippen LogP contribution >= 0.6 is 0 Å². The molecule has 1 saturated carbocycles. The fourth-order valence-electron chi connectivity index (χ4n) is 7.27. The topological polar surface area (TPSA) is 79.8 Å². The molecule has 1 aliphatic carbocycles. The molecule has 0 radical (unpaired) electrons. The number of amides is 1. The van der Waals surface area contributed by atoms with E-state index in [9.17, 15) is 9.59 Å². The van der Waals surface area contributed by atoms with Crippen LogP contribution in [0.1, 0.15) is 70.9 Å². The SMILES string of the molecule is Cc1cc(C)c(CN2CCc3c(c(C)c4c(c3-c3cccn3C)O[C@@](C)([C@H]3CC[C@H](N(C)C)CC3)O4)C2=O)c(=O)[nH]1. The number of aromatic nitrogens is 2. The molecule has 3 aliphatic rings. The van der Waals surface area contributed by atoms with Gasteiger partial charge in [0.1, 0.15) is 0 Å². The van der Waals surface area contributed by atoms with Gasteiger partial charge in [-0.15, -0.1) is 0 Å². The minimum absolute atomic E-state index is 0.0647. The zero-order valence-corrected chi connectivity index (χ0v) is 25.4. The smallest absolute Gasteiger partial charge is 0.254 e. The molecule has 2 aliphatic heterocycles. The first kappa shape index (κ1) is 27.6. The highest BCUT2D eigenvalue weighted by atomic mass is 16.7. The molecule has 218 valence electrons. The predicted molar refractivity (Wildman–Crippen MR) is 160 cm³/mol. The summed E-state index contributed by atoms with van der Waals surface area (Å²) in [6.07, 6.45) is 6.98. The number of fused-ring (bicyclic) bond motifs is 2. The Morgan fingerprint density at radius 2 is 1.76 bits per heavy atom. The zero-order valence-electron chi connectivity index (χ0n) is 25.4. The number of nitrogens with one attached hydrogen (secondary N) is 1. The summed E-state index contributed by atoms with van der Waals surface area (Å²) in [5, 5.41) is 0. The van der Waals surface area contributed by atoms with Gasteiger partial charge in [0.25, 0.3) is 17.3 Å². The quantitative estimate of drug-likeness (QED) is 0.471. The van der Waals surface area contributed by atoms with Crippen molar-refractivity contribution >= 4 is 5.91 Å². The van der Waals surface area contributed by atoms with Crippen molar-refractivity contribution in [1.29, 1.82) is 0 Å². The largest absolute Gasteiger partial charge is 0.448 e. The molecule has 1 fully saturated rings. The molecule has 1 N–H and O–H groups in total. The van der Waals surface area contributed by atoms with Crippen LogP contribution in [-0.2, 0) is 20.0 Å². The van der Waals surface area contributed by atoms with Gasteiger partial charge < -0.3 is 28.8 Å². The lowest BCUT2D eigenvalue weighted by Crippen LogP contribution is -2.46. The molecule has 3 aromatic rings. The molecule has 1 amide bonds. The Kier molecular flexibility index (Phi) is 6.80. The van der Waals surface area contributed by atoms with Gasteiger partial charge in [-0.3, -0.25) is 9.59 Å². The molecule has 2 aromatic heterocycles. The maximum absolute atomic E-state index is 14.2. The third-order valence-electron chi connectivity index (χ3n) is 9.71. The van der Waals surface area contributed by atoms with E-state index < -0.39 is 5.79 Å². The summed E-state index contributed by atoms with van der Waals surface area (Å²) in [6, 6.07) is 6.65. The molecule has 41 heavy (non-hydrogen) atoms. The van der Waals surface area contributed by atoms with E-state index >= 15 is 0 Å². The normalized spacial score (nSPS) is 23.8. The highest BCUT2D eigenvalue weighted by Gasteiger charge is 2.49. The van der Waals surface area contributed by atoms with Crippen molar-refractivity contribution in [1.82, 2.24) is 19.4 Å². The van der Waals surface area contributed by atoms with Crippen LogP contribution in [0.15, 0.2) is 29.2 Å². The number of hydrogen-bond donors (Lipinski definition) is 1. The molecule has 0 spiro atoms. The molecule has 4 heterocycles. The highest BCUT2D eigenvalue weighted by Crippen LogP contribution is 2.55. The van der Waals surface area contributed by atoms with E-state index in [0.29, 0.717) is 35.9 Å². The second-order valence-electron chi connectivity index (χ2n) is 12.6. The number of nitrogens with zero attached hydrogens (tertiary/aromatic N) is 3. The standard InChI is InChI=1S/C33H42N4O4/c1-19-17-20(2)34-31(38)25(19)18-37-16-14-24-27(32(37)39)21(3)29-30(28(24)26-9-8-15-36(26)7)41-33(4,40-29)22-10-12-23(13-11-22)35(5)6/h8-9,15,17,22-23H,10-14,16,18H2,1-7H3,(H,34,38)/t22-,23-,33-/m0/s1. The second kappa shape index (κ2) is 10.1. The van der Waals surface area contributed by atoms with Crippen LogP contribution in [0, 0.1) is 26.7 Å². The Morgan fingerprint density at radius 1 is 1.05 bits per heavy atom. The van der Waals surface area contributed by atoms with Gasteiger partial charge in [0.15, 0.2) is 11.5 Å². The molecule has 0 saturated heterocycles. The minimum atomic E-state index is -0.788. The number of H-pyrrole nitrogens is 1. The van der Waals surface area contributed by atoms with Crippen LogP contribution in [0.3, 0.4) is 0 Å². The Labute approximate surface area is 242 Å². The van der Waals surface area contributed by atoms with Crippen molar-refractivity contribution in [3.05, 3.63) is 68.3 Å². The average Bonchev–Trinajstić information content (AvgIpc) is 3.51. The van der Waals surface area contributed by atoms with Crippen LogP contribution in [0.5, 0.6) is 11.5 Å². The summed E-state index contributed by atoms with van der Waals surface area (Å²) in [4.78, 5) is 34.0. The molecule has 0 bridgehead atoms. The van der Waals surface area contributed by atoms with E-state index in [-0.39, 0.29) is 23.9 Å². The molecule has 8 nitrogen and oxygen atoms in total. The third-order valence-corrected chi connectivity index (χ3v) is 9.71. The number of hydrogen-bond acceptors (Lipinski definition) is 5. The summed E-state index contributed by atoms with van der Waals surface area (Å²) < 4.78 is 15.7. The van der Waals surface area contributed by atoms with E-state index in [1.165, 1.54) is 0 Å². The molecule has 8 heteroatoms. The summed E-state index contributed by atoms with van der Waals surface area (Å²) >= 11 is 0. The Balaban J connectivity index is 1.41. The molecule has 1 aromatic carbocycles. The van der Waals surface area contributed by atoms with E-state index in [2.05, 4.69) is 41.5 Å². The maximum Gasteiger partial charge on any atom is 0.254 e. The number of rotatable bonds is 5. The van der Waals surface area contributed by atoms with E-state index in [1.807, 2.05) is 46.1 Å². The van der Waals surface area contributed by atoms with Crippen LogP contribution in [-0.4, -0.2) is 57.7 Å². The van der Waals surface area contributed by atoms with Crippen molar-refractivity contribution in [2.75, 3.05) is 20.6 Å². The van der Waals surface area contributed by atoms with Gasteiger partial charge in [-0.25, -0.2) is 0 Å². The number of aryl methyl sites for hydroxylation is 3. The van der Waals surface area contributed by atoms with Crippen molar-refractivity contribution in [2.24, 2.45) is 13.0 Å². The number of benzene rings is 1. The van der Waals surface area contributed by atoms with Gasteiger partial charge in [0, 0.05) is 61.1 Å². The maximum atomic E-state index is 14.2. The van der Waals surface area contributed by atoms with Crippen molar-refractivity contribution < 1.29 is 14.3 Å². The van der Waals surface area contributed by atoms with Gasteiger partial charge in [-0.05, 0) is 96.3 Å². The van der Waals surface area contributed by atoms with Gasteiger partial charge >= 0.3 is 0 Å². The summed E-state index contributed by atoms with van der Waals surface area (Å²) in [5.41, 5.74) is 6.69. The zero-order chi connectivity index (χ0) is 29.2. The lowest BCUT2D eigenvalue weighted by molar-refractivity contribution is -0.123. The fourth-order valence-corrected chi connectivity index (χ4v) is 7.27. The molecular weight excluding hydrogens is 516 g/mol. The Hall–Kier alpha value is -3.52. The van der Waals surface area contributed by atoms with Crippen molar-refractivity contribution in [3.8, 4) is 22.8 Å². The minimum Gasteiger partial charge on any atom is -0.448 e. The van der Waals surface area contributed by atoms with E-state index in [1.54, 1.807) is 4.90 Å². The van der Waals surface area contributed by atoms with Gasteiger partial charge in [0.05, 0.1) is 17.8 Å². The Bertz CT molecular complexity index is 1580.